The number of aromatic amines is 1. The number of halogens is 6. The summed E-state index contributed by atoms with van der Waals surface area (Å²) < 4.78 is 51.3. The Morgan fingerprint density at radius 3 is 2.50 bits per heavy atom. The van der Waals surface area contributed by atoms with Crippen molar-refractivity contribution < 1.29 is 17.6 Å². The van der Waals surface area contributed by atoms with Gasteiger partial charge in [0.1, 0.15) is 11.6 Å². The van der Waals surface area contributed by atoms with Gasteiger partial charge in [-0.15, -0.1) is 24.8 Å². The number of hydrogen-bond acceptors (Lipinski definition) is 2. The molecule has 0 spiro atoms. The number of alkyl halides is 3. The van der Waals surface area contributed by atoms with Gasteiger partial charge in [0, 0.05) is 25.1 Å². The van der Waals surface area contributed by atoms with Crippen molar-refractivity contribution in [1.82, 2.24) is 15.3 Å². The number of nitrogens with zero attached hydrogens (tertiary/aromatic N) is 1. The SMILES string of the molecule is Cl.Cl.Fc1ccc(-c2nc3c([nH]2)CNCC3)cc1C(F)(F)F. The molecule has 1 aliphatic heterocycles. The van der Waals surface area contributed by atoms with E-state index in [0.717, 1.165) is 36.5 Å². The van der Waals surface area contributed by atoms with Crippen LogP contribution in [-0.2, 0) is 19.1 Å². The van der Waals surface area contributed by atoms with Crippen molar-refractivity contribution in [1.29, 1.82) is 0 Å². The molecule has 9 heteroatoms. The van der Waals surface area contributed by atoms with Gasteiger partial charge in [-0.05, 0) is 18.2 Å². The van der Waals surface area contributed by atoms with E-state index < -0.39 is 17.6 Å². The zero-order valence-corrected chi connectivity index (χ0v) is 12.8. The summed E-state index contributed by atoms with van der Waals surface area (Å²) in [5, 5.41) is 3.14. The third-order valence-corrected chi connectivity index (χ3v) is 3.25. The largest absolute Gasteiger partial charge is 0.419 e. The molecular weight excluding hydrogens is 345 g/mol. The maximum atomic E-state index is 13.2. The van der Waals surface area contributed by atoms with E-state index in [-0.39, 0.29) is 30.4 Å². The van der Waals surface area contributed by atoms with E-state index in [0.29, 0.717) is 12.4 Å². The third-order valence-electron chi connectivity index (χ3n) is 3.25. The summed E-state index contributed by atoms with van der Waals surface area (Å²) in [6.45, 7) is 1.39. The number of aromatic nitrogens is 2. The van der Waals surface area contributed by atoms with Gasteiger partial charge in [0.15, 0.2) is 0 Å². The maximum Gasteiger partial charge on any atom is 0.419 e. The molecule has 1 aromatic carbocycles. The van der Waals surface area contributed by atoms with Crippen LogP contribution in [-0.4, -0.2) is 16.5 Å². The molecule has 2 N–H and O–H groups in total. The van der Waals surface area contributed by atoms with Crippen LogP contribution in [0.2, 0.25) is 0 Å². The van der Waals surface area contributed by atoms with Gasteiger partial charge in [-0.3, -0.25) is 0 Å². The number of imidazole rings is 1. The predicted octanol–water partition coefficient (Wildman–Crippen LogP) is 3.72. The second kappa shape index (κ2) is 6.85. The minimum atomic E-state index is -4.71. The van der Waals surface area contributed by atoms with Gasteiger partial charge in [-0.1, -0.05) is 0 Å². The first-order valence-electron chi connectivity index (χ1n) is 6.11. The Bertz CT molecular complexity index is 632. The standard InChI is InChI=1S/C13H11F4N3.2ClH/c14-9-2-1-7(5-8(9)13(15,16)17)12-19-10-3-4-18-6-11(10)20-12;;/h1-2,5,18H,3-4,6H2,(H,19,20);2*1H. The average Bonchev–Trinajstić information content (AvgIpc) is 2.81. The highest BCUT2D eigenvalue weighted by molar-refractivity contribution is 5.85. The average molecular weight is 358 g/mol. The Morgan fingerprint density at radius 1 is 1.14 bits per heavy atom. The van der Waals surface area contributed by atoms with Crippen LogP contribution >= 0.6 is 24.8 Å². The van der Waals surface area contributed by atoms with E-state index >= 15 is 0 Å². The quantitative estimate of drug-likeness (QED) is 0.763. The van der Waals surface area contributed by atoms with Crippen molar-refractivity contribution in [3.05, 3.63) is 41.0 Å². The fourth-order valence-corrected chi connectivity index (χ4v) is 2.25. The molecule has 2 aromatic rings. The molecule has 0 amide bonds. The Kier molecular flexibility index (Phi) is 5.83. The van der Waals surface area contributed by atoms with E-state index in [1.807, 2.05) is 0 Å². The molecule has 0 saturated heterocycles. The van der Waals surface area contributed by atoms with Crippen molar-refractivity contribution in [2.45, 2.75) is 19.1 Å². The van der Waals surface area contributed by atoms with Crippen LogP contribution < -0.4 is 5.32 Å². The molecule has 0 saturated carbocycles. The normalized spacial score (nSPS) is 13.8. The summed E-state index contributed by atoms with van der Waals surface area (Å²) in [6, 6.07) is 2.90. The molecule has 0 radical (unpaired) electrons. The molecule has 3 rings (SSSR count). The molecule has 1 aromatic heterocycles. The smallest absolute Gasteiger partial charge is 0.341 e. The Morgan fingerprint density at radius 2 is 1.86 bits per heavy atom. The number of nitrogens with one attached hydrogen (secondary N) is 2. The van der Waals surface area contributed by atoms with Crippen molar-refractivity contribution in [2.24, 2.45) is 0 Å². The highest BCUT2D eigenvalue weighted by atomic mass is 35.5. The summed E-state index contributed by atoms with van der Waals surface area (Å²) in [5.74, 6) is -0.941. The first-order valence-corrected chi connectivity index (χ1v) is 6.11. The van der Waals surface area contributed by atoms with Gasteiger partial charge in [0.05, 0.1) is 17.0 Å². The lowest BCUT2D eigenvalue weighted by molar-refractivity contribution is -0.139. The number of H-pyrrole nitrogens is 1. The highest BCUT2D eigenvalue weighted by Crippen LogP contribution is 2.34. The van der Waals surface area contributed by atoms with Gasteiger partial charge in [0.2, 0.25) is 0 Å². The third kappa shape index (κ3) is 3.53. The zero-order valence-electron chi connectivity index (χ0n) is 11.1. The van der Waals surface area contributed by atoms with Gasteiger partial charge >= 0.3 is 6.18 Å². The Balaban J connectivity index is 0.00000121. The lowest BCUT2D eigenvalue weighted by Crippen LogP contribution is -2.23. The summed E-state index contributed by atoms with van der Waals surface area (Å²) in [4.78, 5) is 7.27. The van der Waals surface area contributed by atoms with Gasteiger partial charge in [-0.2, -0.15) is 13.2 Å². The molecule has 0 atom stereocenters. The van der Waals surface area contributed by atoms with Crippen molar-refractivity contribution in [3.8, 4) is 11.4 Å². The molecule has 2 heterocycles. The minimum Gasteiger partial charge on any atom is -0.341 e. The molecule has 3 nitrogen and oxygen atoms in total. The fraction of sp³-hybridized carbons (Fsp3) is 0.308. The molecule has 0 unspecified atom stereocenters. The van der Waals surface area contributed by atoms with E-state index in [1.54, 1.807) is 0 Å². The van der Waals surface area contributed by atoms with Crippen LogP contribution in [0.1, 0.15) is 17.0 Å². The van der Waals surface area contributed by atoms with Crippen LogP contribution in [0.3, 0.4) is 0 Å². The number of fused-ring (bicyclic) bond motifs is 1. The van der Waals surface area contributed by atoms with Gasteiger partial charge in [0.25, 0.3) is 0 Å². The first kappa shape index (κ1) is 18.7. The van der Waals surface area contributed by atoms with Crippen molar-refractivity contribution in [2.75, 3.05) is 6.54 Å². The van der Waals surface area contributed by atoms with Crippen LogP contribution in [0.5, 0.6) is 0 Å². The number of benzene rings is 1. The summed E-state index contributed by atoms with van der Waals surface area (Å²) in [7, 11) is 0. The topological polar surface area (TPSA) is 40.7 Å². The highest BCUT2D eigenvalue weighted by Gasteiger charge is 2.34. The summed E-state index contributed by atoms with van der Waals surface area (Å²) in [6.07, 6.45) is -3.99. The van der Waals surface area contributed by atoms with E-state index in [9.17, 15) is 17.6 Å². The van der Waals surface area contributed by atoms with E-state index in [1.165, 1.54) is 6.07 Å². The second-order valence-corrected chi connectivity index (χ2v) is 4.63. The molecule has 0 bridgehead atoms. The number of hydrogen-bond donors (Lipinski definition) is 2. The Labute approximate surface area is 136 Å². The predicted molar refractivity (Wildman–Crippen MR) is 78.9 cm³/mol. The summed E-state index contributed by atoms with van der Waals surface area (Å²) in [5.41, 5.74) is 0.663. The monoisotopic (exact) mass is 357 g/mol. The lowest BCUT2D eigenvalue weighted by Gasteiger charge is -2.09. The fourth-order valence-electron chi connectivity index (χ4n) is 2.25. The minimum absolute atomic E-state index is 0. The lowest BCUT2D eigenvalue weighted by atomic mass is 10.1. The molecular formula is C13H13Cl2F4N3. The summed E-state index contributed by atoms with van der Waals surface area (Å²) >= 11 is 0. The van der Waals surface area contributed by atoms with Crippen molar-refractivity contribution >= 4 is 24.8 Å². The number of rotatable bonds is 1. The first-order chi connectivity index (χ1) is 9.45. The van der Waals surface area contributed by atoms with E-state index in [2.05, 4.69) is 15.3 Å². The van der Waals surface area contributed by atoms with Crippen LogP contribution in [0.15, 0.2) is 18.2 Å². The second-order valence-electron chi connectivity index (χ2n) is 4.63. The Hall–Kier alpha value is -1.31. The molecule has 22 heavy (non-hydrogen) atoms. The van der Waals surface area contributed by atoms with Crippen LogP contribution in [0.25, 0.3) is 11.4 Å². The molecule has 0 fully saturated rings. The molecule has 122 valence electrons. The van der Waals surface area contributed by atoms with Crippen molar-refractivity contribution in [3.63, 3.8) is 0 Å². The van der Waals surface area contributed by atoms with Crippen LogP contribution in [0.4, 0.5) is 17.6 Å². The molecule has 0 aliphatic carbocycles. The van der Waals surface area contributed by atoms with E-state index in [4.69, 9.17) is 0 Å². The maximum absolute atomic E-state index is 13.2. The van der Waals surface area contributed by atoms with Gasteiger partial charge in [-0.25, -0.2) is 9.37 Å². The molecule has 1 aliphatic rings. The van der Waals surface area contributed by atoms with Crippen LogP contribution in [0, 0.1) is 5.82 Å². The van der Waals surface area contributed by atoms with Gasteiger partial charge < -0.3 is 10.3 Å². The zero-order chi connectivity index (χ0) is 14.3.